The van der Waals surface area contributed by atoms with E-state index in [0.29, 0.717) is 36.1 Å². The van der Waals surface area contributed by atoms with Crippen molar-refractivity contribution in [2.75, 3.05) is 6.61 Å². The van der Waals surface area contributed by atoms with Gasteiger partial charge in [0, 0.05) is 12.0 Å². The minimum atomic E-state index is -0.416. The topological polar surface area (TPSA) is 69.6 Å². The lowest BCUT2D eigenvalue weighted by atomic mass is 9.32. The van der Waals surface area contributed by atoms with Gasteiger partial charge in [-0.25, -0.2) is 0 Å². The molecule has 3 N–H and O–H groups in total. The molecule has 5 saturated carbocycles. The molecule has 0 aliphatic heterocycles. The summed E-state index contributed by atoms with van der Waals surface area (Å²) < 4.78 is 0. The first-order valence-electron chi connectivity index (χ1n) is 16.6. The zero-order valence-electron chi connectivity index (χ0n) is 26.3. The molecule has 5 fully saturated rings. The lowest BCUT2D eigenvalue weighted by Gasteiger charge is -2.73. The predicted molar refractivity (Wildman–Crippen MR) is 165 cm³/mol. The van der Waals surface area contributed by atoms with E-state index in [9.17, 15) is 15.0 Å². The number of carbonyl (C=O) groups is 1. The van der Waals surface area contributed by atoms with Crippen molar-refractivity contribution in [2.24, 2.45) is 56.7 Å². The zero-order valence-corrected chi connectivity index (χ0v) is 26.3. The van der Waals surface area contributed by atoms with Crippen molar-refractivity contribution in [3.05, 3.63) is 48.0 Å². The van der Waals surface area contributed by atoms with Gasteiger partial charge in [-0.1, -0.05) is 70.2 Å². The average molecular weight is 562 g/mol. The molecule has 5 aliphatic rings. The number of allylic oxidation sites excluding steroid dienone is 1. The summed E-state index contributed by atoms with van der Waals surface area (Å²) in [4.78, 5) is 14.3. The van der Waals surface area contributed by atoms with E-state index in [4.69, 9.17) is 0 Å². The van der Waals surface area contributed by atoms with E-state index >= 15 is 0 Å². The Hall–Kier alpha value is -1.65. The molecule has 11 atom stereocenters. The summed E-state index contributed by atoms with van der Waals surface area (Å²) in [6.45, 7) is 17.2. The fraction of sp³-hybridized carbons (Fsp3) is 0.757. The molecule has 0 aromatic heterocycles. The molecule has 1 amide bonds. The highest BCUT2D eigenvalue weighted by atomic mass is 16.3. The van der Waals surface area contributed by atoms with Gasteiger partial charge in [0.1, 0.15) is 0 Å². The van der Waals surface area contributed by atoms with Gasteiger partial charge < -0.3 is 15.5 Å². The number of hydrogen-bond donors (Lipinski definition) is 3. The van der Waals surface area contributed by atoms with E-state index < -0.39 is 11.5 Å². The van der Waals surface area contributed by atoms with Gasteiger partial charge in [0.25, 0.3) is 0 Å². The molecule has 0 bridgehead atoms. The number of aliphatic hydroxyl groups excluding tert-OH is 2. The lowest BCUT2D eigenvalue weighted by molar-refractivity contribution is -0.252. The maximum atomic E-state index is 14.3. The van der Waals surface area contributed by atoms with Crippen molar-refractivity contribution in [2.45, 2.75) is 111 Å². The first kappa shape index (κ1) is 29.4. The largest absolute Gasteiger partial charge is 0.396 e. The third kappa shape index (κ3) is 3.94. The molecule has 1 aromatic carbocycles. The SMILES string of the molecule is C=C(C)[C@@H]1CC[C@]2(C(=O)NCc3ccccc3)CC[C@]3(C)C(CC[C@@H]4[C@@]5(C)CCC(O)C(C)(CO)[C@@H]5CC[C@]43C)[C@@H]12. The summed E-state index contributed by atoms with van der Waals surface area (Å²) >= 11 is 0. The Labute approximate surface area is 248 Å². The van der Waals surface area contributed by atoms with Gasteiger partial charge in [-0.2, -0.15) is 0 Å². The highest BCUT2D eigenvalue weighted by Gasteiger charge is 2.72. The van der Waals surface area contributed by atoms with Gasteiger partial charge in [0.05, 0.1) is 18.1 Å². The Balaban J connectivity index is 1.34. The third-order valence-electron chi connectivity index (χ3n) is 14.9. The van der Waals surface area contributed by atoms with Crippen molar-refractivity contribution < 1.29 is 15.0 Å². The predicted octanol–water partition coefficient (Wildman–Crippen LogP) is 7.29. The Kier molecular flexibility index (Phi) is 7.14. The molecule has 0 saturated heterocycles. The standard InChI is InChI=1S/C37H55NO3/c1-24(2)26-14-19-37(32(41)38-22-25-10-8-7-9-11-25)21-20-35(5)27(31(26)37)12-13-29-33(3)17-16-30(40)34(4,23-39)28(33)15-18-36(29,35)6/h7-11,26-31,39-40H,1,12-23H2,2-6H3,(H,38,41)/t26-,27?,28+,29+,30?,31+,33-,34?,35+,36+,37-/m0/s1. The number of fused-ring (bicyclic) bond motifs is 7. The normalized spacial score (nSPS) is 48.8. The number of hydrogen-bond acceptors (Lipinski definition) is 3. The summed E-state index contributed by atoms with van der Waals surface area (Å²) in [6.07, 6.45) is 10.2. The van der Waals surface area contributed by atoms with E-state index in [2.05, 4.69) is 58.6 Å². The number of benzene rings is 1. The smallest absolute Gasteiger partial charge is 0.226 e. The van der Waals surface area contributed by atoms with Crippen molar-refractivity contribution in [3.63, 3.8) is 0 Å². The summed E-state index contributed by atoms with van der Waals surface area (Å²) in [5.41, 5.74) is 2.20. The minimum absolute atomic E-state index is 0.0702. The Morgan fingerprint density at radius 3 is 2.32 bits per heavy atom. The van der Waals surface area contributed by atoms with Crippen LogP contribution in [0.25, 0.3) is 0 Å². The monoisotopic (exact) mass is 561 g/mol. The van der Waals surface area contributed by atoms with E-state index in [0.717, 1.165) is 56.9 Å². The minimum Gasteiger partial charge on any atom is -0.396 e. The highest BCUT2D eigenvalue weighted by molar-refractivity contribution is 5.84. The van der Waals surface area contributed by atoms with E-state index in [1.807, 2.05) is 18.2 Å². The molecule has 0 radical (unpaired) electrons. The van der Waals surface area contributed by atoms with Gasteiger partial charge in [-0.05, 0) is 123 Å². The van der Waals surface area contributed by atoms with Crippen molar-refractivity contribution in [1.29, 1.82) is 0 Å². The lowest BCUT2D eigenvalue weighted by Crippen LogP contribution is -2.68. The Bertz CT molecular complexity index is 1180. The quantitative estimate of drug-likeness (QED) is 0.331. The molecule has 41 heavy (non-hydrogen) atoms. The molecule has 0 heterocycles. The van der Waals surface area contributed by atoms with Crippen LogP contribution >= 0.6 is 0 Å². The Morgan fingerprint density at radius 1 is 0.902 bits per heavy atom. The van der Waals surface area contributed by atoms with Crippen molar-refractivity contribution >= 4 is 5.91 Å². The van der Waals surface area contributed by atoms with Crippen LogP contribution in [0.2, 0.25) is 0 Å². The summed E-state index contributed by atoms with van der Waals surface area (Å²) in [5.74, 6) is 2.49. The van der Waals surface area contributed by atoms with Crippen LogP contribution in [0.1, 0.15) is 104 Å². The fourth-order valence-electron chi connectivity index (χ4n) is 12.5. The summed E-state index contributed by atoms with van der Waals surface area (Å²) in [5, 5.41) is 25.0. The van der Waals surface area contributed by atoms with Crippen LogP contribution in [-0.2, 0) is 11.3 Å². The van der Waals surface area contributed by atoms with Crippen LogP contribution in [0.3, 0.4) is 0 Å². The molecule has 4 heteroatoms. The van der Waals surface area contributed by atoms with E-state index in [-0.39, 0.29) is 34.2 Å². The van der Waals surface area contributed by atoms with Crippen molar-refractivity contribution in [1.82, 2.24) is 5.32 Å². The molecule has 1 aromatic rings. The molecule has 3 unspecified atom stereocenters. The molecule has 226 valence electrons. The van der Waals surface area contributed by atoms with Crippen LogP contribution in [0, 0.1) is 56.7 Å². The molecular formula is C37H55NO3. The second kappa shape index (κ2) is 9.94. The zero-order chi connectivity index (χ0) is 29.4. The third-order valence-corrected chi connectivity index (χ3v) is 14.9. The van der Waals surface area contributed by atoms with Crippen LogP contribution in [0.5, 0.6) is 0 Å². The van der Waals surface area contributed by atoms with Gasteiger partial charge in [-0.3, -0.25) is 4.79 Å². The van der Waals surface area contributed by atoms with Gasteiger partial charge in [0.15, 0.2) is 0 Å². The number of rotatable bonds is 5. The van der Waals surface area contributed by atoms with Gasteiger partial charge >= 0.3 is 0 Å². The van der Waals surface area contributed by atoms with Crippen LogP contribution in [0.15, 0.2) is 42.5 Å². The summed E-state index contributed by atoms with van der Waals surface area (Å²) in [6, 6.07) is 10.3. The first-order chi connectivity index (χ1) is 19.4. The molecule has 5 aliphatic carbocycles. The second-order valence-electron chi connectivity index (χ2n) is 16.2. The molecule has 4 nitrogen and oxygen atoms in total. The van der Waals surface area contributed by atoms with Crippen LogP contribution in [-0.4, -0.2) is 28.8 Å². The second-order valence-corrected chi connectivity index (χ2v) is 16.2. The summed E-state index contributed by atoms with van der Waals surface area (Å²) in [7, 11) is 0. The number of carbonyl (C=O) groups excluding carboxylic acids is 1. The number of aliphatic hydroxyl groups is 2. The van der Waals surface area contributed by atoms with Gasteiger partial charge in [-0.15, -0.1) is 0 Å². The van der Waals surface area contributed by atoms with Crippen LogP contribution in [0.4, 0.5) is 0 Å². The number of nitrogens with one attached hydrogen (secondary N) is 1. The Morgan fingerprint density at radius 2 is 1.63 bits per heavy atom. The highest BCUT2D eigenvalue weighted by Crippen LogP contribution is 2.77. The van der Waals surface area contributed by atoms with Crippen molar-refractivity contribution in [3.8, 4) is 0 Å². The molecular weight excluding hydrogens is 506 g/mol. The average Bonchev–Trinajstić information content (AvgIpc) is 3.36. The molecule has 6 rings (SSSR count). The first-order valence-corrected chi connectivity index (χ1v) is 16.6. The van der Waals surface area contributed by atoms with E-state index in [1.54, 1.807) is 0 Å². The van der Waals surface area contributed by atoms with E-state index in [1.165, 1.54) is 18.4 Å². The van der Waals surface area contributed by atoms with Gasteiger partial charge in [0.2, 0.25) is 5.91 Å². The van der Waals surface area contributed by atoms with Crippen LogP contribution < -0.4 is 5.32 Å². The fourth-order valence-corrected chi connectivity index (χ4v) is 12.5. The number of amides is 1. The molecule has 0 spiro atoms. The maximum Gasteiger partial charge on any atom is 0.226 e. The maximum absolute atomic E-state index is 14.3.